The van der Waals surface area contributed by atoms with Gasteiger partial charge in [0.25, 0.3) is 0 Å². The van der Waals surface area contributed by atoms with Crippen molar-refractivity contribution in [3.8, 4) is 5.88 Å². The van der Waals surface area contributed by atoms with E-state index < -0.39 is 0 Å². The van der Waals surface area contributed by atoms with Crippen LogP contribution in [0.1, 0.15) is 46.4 Å². The summed E-state index contributed by atoms with van der Waals surface area (Å²) in [4.78, 5) is 8.76. The molecule has 6 heteroatoms. The van der Waals surface area contributed by atoms with Gasteiger partial charge in [0.05, 0.1) is 12.7 Å². The quantitative estimate of drug-likeness (QED) is 0.646. The molecule has 0 saturated heterocycles. The molecule has 0 bridgehead atoms. The van der Waals surface area contributed by atoms with Gasteiger partial charge in [0.2, 0.25) is 5.88 Å². The lowest BCUT2D eigenvalue weighted by Crippen LogP contribution is -2.13. The smallest absolute Gasteiger partial charge is 0.242 e. The van der Waals surface area contributed by atoms with Gasteiger partial charge in [-0.1, -0.05) is 13.8 Å². The van der Waals surface area contributed by atoms with Gasteiger partial charge in [-0.2, -0.15) is 4.98 Å². The number of nitrogens with one attached hydrogen (secondary N) is 1. The summed E-state index contributed by atoms with van der Waals surface area (Å²) >= 11 is 0. The first-order valence-electron chi connectivity index (χ1n) is 7.73. The Labute approximate surface area is 127 Å². The van der Waals surface area contributed by atoms with E-state index in [0.29, 0.717) is 24.0 Å². The van der Waals surface area contributed by atoms with Crippen molar-refractivity contribution in [1.82, 2.24) is 9.97 Å². The Balaban J connectivity index is 2.62. The largest absolute Gasteiger partial charge is 0.476 e. The highest BCUT2D eigenvalue weighted by Crippen LogP contribution is 2.26. The van der Waals surface area contributed by atoms with Gasteiger partial charge < -0.3 is 20.5 Å². The fraction of sp³-hybridized carbons (Fsp3) is 0.733. The van der Waals surface area contributed by atoms with Crippen LogP contribution in [0.15, 0.2) is 0 Å². The lowest BCUT2D eigenvalue weighted by molar-refractivity contribution is 0.0787. The summed E-state index contributed by atoms with van der Waals surface area (Å²) in [5.74, 6) is 1.86. The van der Waals surface area contributed by atoms with Gasteiger partial charge in [-0.05, 0) is 26.7 Å². The van der Waals surface area contributed by atoms with E-state index >= 15 is 0 Å². The maximum absolute atomic E-state index is 6.07. The molecule has 0 fully saturated rings. The van der Waals surface area contributed by atoms with Gasteiger partial charge in [0.1, 0.15) is 11.5 Å². The van der Waals surface area contributed by atoms with Crippen molar-refractivity contribution in [3.63, 3.8) is 0 Å². The van der Waals surface area contributed by atoms with Crippen molar-refractivity contribution in [3.05, 3.63) is 5.82 Å². The van der Waals surface area contributed by atoms with Crippen LogP contribution in [0.5, 0.6) is 5.88 Å². The molecule has 21 heavy (non-hydrogen) atoms. The lowest BCUT2D eigenvalue weighted by Gasteiger charge is -2.14. The van der Waals surface area contributed by atoms with E-state index in [1.165, 1.54) is 0 Å². The normalized spacial score (nSPS) is 10.9. The zero-order valence-electron chi connectivity index (χ0n) is 13.6. The van der Waals surface area contributed by atoms with Crippen molar-refractivity contribution in [2.45, 2.75) is 53.1 Å². The fourth-order valence-corrected chi connectivity index (χ4v) is 1.69. The molecule has 0 saturated carbocycles. The molecule has 0 amide bonds. The summed E-state index contributed by atoms with van der Waals surface area (Å²) in [6.07, 6.45) is 2.82. The first-order chi connectivity index (χ1) is 10.1. The van der Waals surface area contributed by atoms with E-state index in [1.807, 2.05) is 27.7 Å². The topological polar surface area (TPSA) is 82.3 Å². The molecule has 0 atom stereocenters. The number of nitrogens with zero attached hydrogens (tertiary/aromatic N) is 2. The van der Waals surface area contributed by atoms with E-state index in [-0.39, 0.29) is 6.10 Å². The number of nitrogen functional groups attached to an aromatic ring is 1. The third-order valence-electron chi connectivity index (χ3n) is 2.78. The van der Waals surface area contributed by atoms with Crippen molar-refractivity contribution < 1.29 is 9.47 Å². The highest BCUT2D eigenvalue weighted by atomic mass is 16.5. The van der Waals surface area contributed by atoms with Gasteiger partial charge in [-0.3, -0.25) is 0 Å². The van der Waals surface area contributed by atoms with Crippen LogP contribution in [-0.4, -0.2) is 35.8 Å². The van der Waals surface area contributed by atoms with E-state index in [4.69, 9.17) is 15.2 Å². The Morgan fingerprint density at radius 1 is 1.19 bits per heavy atom. The maximum atomic E-state index is 6.07. The van der Waals surface area contributed by atoms with Crippen LogP contribution in [0.2, 0.25) is 0 Å². The number of rotatable bonds is 10. The molecule has 3 N–H and O–H groups in total. The fourth-order valence-electron chi connectivity index (χ4n) is 1.69. The molecule has 1 aromatic rings. The monoisotopic (exact) mass is 296 g/mol. The SMILES string of the molecule is CCCOc1nc(CC)nc(NCCCOC(C)C)c1N. The van der Waals surface area contributed by atoms with Gasteiger partial charge in [-0.15, -0.1) is 0 Å². The number of hydrogen-bond donors (Lipinski definition) is 2. The minimum atomic E-state index is 0.259. The van der Waals surface area contributed by atoms with Crippen molar-refractivity contribution >= 4 is 11.5 Å². The van der Waals surface area contributed by atoms with Gasteiger partial charge in [-0.25, -0.2) is 4.98 Å². The zero-order valence-corrected chi connectivity index (χ0v) is 13.6. The molecular weight excluding hydrogens is 268 g/mol. The standard InChI is InChI=1S/C15H28N4O2/c1-5-9-21-15-13(16)14(18-12(6-2)19-15)17-8-7-10-20-11(3)4/h11H,5-10,16H2,1-4H3,(H,17,18,19). The summed E-state index contributed by atoms with van der Waals surface area (Å²) < 4.78 is 11.1. The molecule has 0 aliphatic carbocycles. The third-order valence-corrected chi connectivity index (χ3v) is 2.78. The number of aryl methyl sites for hydroxylation is 1. The van der Waals surface area contributed by atoms with Crippen LogP contribution in [0.4, 0.5) is 11.5 Å². The lowest BCUT2D eigenvalue weighted by atomic mass is 10.3. The summed E-state index contributed by atoms with van der Waals surface area (Å²) in [5.41, 5.74) is 6.54. The zero-order chi connectivity index (χ0) is 15.7. The molecule has 120 valence electrons. The Hall–Kier alpha value is -1.56. The summed E-state index contributed by atoms with van der Waals surface area (Å²) in [6.45, 7) is 10.2. The molecule has 0 aliphatic heterocycles. The van der Waals surface area contributed by atoms with Crippen LogP contribution in [0.3, 0.4) is 0 Å². The predicted octanol–water partition coefficient (Wildman–Crippen LogP) is 2.64. The van der Waals surface area contributed by atoms with E-state index in [9.17, 15) is 0 Å². The average molecular weight is 296 g/mol. The van der Waals surface area contributed by atoms with Crippen molar-refractivity contribution in [2.75, 3.05) is 30.8 Å². The van der Waals surface area contributed by atoms with Crippen LogP contribution in [0, 0.1) is 0 Å². The summed E-state index contributed by atoms with van der Waals surface area (Å²) in [5, 5.41) is 3.24. The predicted molar refractivity (Wildman–Crippen MR) is 85.8 cm³/mol. The van der Waals surface area contributed by atoms with E-state index in [0.717, 1.165) is 38.2 Å². The van der Waals surface area contributed by atoms with E-state index in [1.54, 1.807) is 0 Å². The van der Waals surface area contributed by atoms with Crippen LogP contribution < -0.4 is 15.8 Å². The number of anilines is 2. The Kier molecular flexibility index (Phi) is 7.82. The highest BCUT2D eigenvalue weighted by molar-refractivity contribution is 5.66. The molecule has 1 aromatic heterocycles. The van der Waals surface area contributed by atoms with Crippen molar-refractivity contribution in [2.24, 2.45) is 0 Å². The molecule has 0 aliphatic rings. The summed E-state index contributed by atoms with van der Waals surface area (Å²) in [7, 11) is 0. The first-order valence-corrected chi connectivity index (χ1v) is 7.73. The summed E-state index contributed by atoms with van der Waals surface area (Å²) in [6, 6.07) is 0. The first kappa shape index (κ1) is 17.5. The Bertz CT molecular complexity index is 424. The molecule has 1 heterocycles. The number of aromatic nitrogens is 2. The number of ether oxygens (including phenoxy) is 2. The third kappa shape index (κ3) is 6.16. The minimum Gasteiger partial charge on any atom is -0.476 e. The number of hydrogen-bond acceptors (Lipinski definition) is 6. The Morgan fingerprint density at radius 2 is 1.95 bits per heavy atom. The molecule has 0 radical (unpaired) electrons. The second kappa shape index (κ2) is 9.39. The van der Waals surface area contributed by atoms with Crippen LogP contribution in [-0.2, 0) is 11.2 Å². The van der Waals surface area contributed by atoms with Crippen molar-refractivity contribution in [1.29, 1.82) is 0 Å². The second-order valence-electron chi connectivity index (χ2n) is 5.11. The number of nitrogens with two attached hydrogens (primary N) is 1. The molecule has 6 nitrogen and oxygen atoms in total. The van der Waals surface area contributed by atoms with Gasteiger partial charge in [0, 0.05) is 19.6 Å². The average Bonchev–Trinajstić information content (AvgIpc) is 2.46. The minimum absolute atomic E-state index is 0.259. The molecule has 0 spiro atoms. The highest BCUT2D eigenvalue weighted by Gasteiger charge is 2.12. The molecule has 0 unspecified atom stereocenters. The van der Waals surface area contributed by atoms with E-state index in [2.05, 4.69) is 15.3 Å². The van der Waals surface area contributed by atoms with Gasteiger partial charge in [0.15, 0.2) is 5.82 Å². The Morgan fingerprint density at radius 3 is 2.57 bits per heavy atom. The molecule has 0 aromatic carbocycles. The van der Waals surface area contributed by atoms with Gasteiger partial charge >= 0.3 is 0 Å². The second-order valence-corrected chi connectivity index (χ2v) is 5.11. The molecular formula is C15H28N4O2. The molecule has 1 rings (SSSR count). The van der Waals surface area contributed by atoms with Crippen LogP contribution in [0.25, 0.3) is 0 Å². The maximum Gasteiger partial charge on any atom is 0.242 e. The van der Waals surface area contributed by atoms with Crippen LogP contribution >= 0.6 is 0 Å².